The highest BCUT2D eigenvalue weighted by Crippen LogP contribution is 2.18. The van der Waals surface area contributed by atoms with Crippen LogP contribution in [0, 0.1) is 5.92 Å². The van der Waals surface area contributed by atoms with Gasteiger partial charge in [0.05, 0.1) is 12.5 Å². The maximum atomic E-state index is 12.1. The average molecular weight is 315 g/mol. The van der Waals surface area contributed by atoms with Crippen molar-refractivity contribution in [3.63, 3.8) is 0 Å². The minimum Gasteiger partial charge on any atom is -0.452 e. The third-order valence-electron chi connectivity index (χ3n) is 3.01. The van der Waals surface area contributed by atoms with E-state index in [2.05, 4.69) is 21.2 Å². The molecule has 0 saturated carbocycles. The fraction of sp³-hybridized carbons (Fsp3) is 0.500. The van der Waals surface area contributed by atoms with Gasteiger partial charge in [0.15, 0.2) is 4.67 Å². The van der Waals surface area contributed by atoms with E-state index in [1.165, 1.54) is 0 Å². The lowest BCUT2D eigenvalue weighted by Gasteiger charge is -2.26. The number of carbonyl (C=O) groups excluding carboxylic acids is 2. The van der Waals surface area contributed by atoms with Crippen LogP contribution in [0.15, 0.2) is 21.2 Å². The van der Waals surface area contributed by atoms with Crippen LogP contribution in [-0.2, 0) is 16.1 Å². The number of nitrogens with zero attached hydrogens (tertiary/aromatic N) is 1. The Kier molecular flexibility index (Phi) is 4.06. The fourth-order valence-corrected chi connectivity index (χ4v) is 2.34. The van der Waals surface area contributed by atoms with E-state index in [-0.39, 0.29) is 17.7 Å². The third kappa shape index (κ3) is 3.13. The van der Waals surface area contributed by atoms with Crippen molar-refractivity contribution < 1.29 is 14.0 Å². The smallest absolute Gasteiger partial charge is 0.227 e. The molecule has 6 heteroatoms. The highest BCUT2D eigenvalue weighted by Gasteiger charge is 2.27. The molecule has 2 heterocycles. The van der Waals surface area contributed by atoms with E-state index in [1.807, 2.05) is 6.07 Å². The summed E-state index contributed by atoms with van der Waals surface area (Å²) >= 11 is 3.22. The number of hydrogen-bond acceptors (Lipinski definition) is 3. The van der Waals surface area contributed by atoms with Crippen LogP contribution in [0.1, 0.15) is 18.6 Å². The van der Waals surface area contributed by atoms with Crippen LogP contribution in [0.3, 0.4) is 0 Å². The molecule has 1 fully saturated rings. The Morgan fingerprint density at radius 1 is 1.61 bits per heavy atom. The van der Waals surface area contributed by atoms with E-state index in [0.29, 0.717) is 30.6 Å². The van der Waals surface area contributed by atoms with Crippen molar-refractivity contribution in [2.45, 2.75) is 19.4 Å². The quantitative estimate of drug-likeness (QED) is 0.920. The van der Waals surface area contributed by atoms with E-state index < -0.39 is 0 Å². The zero-order valence-corrected chi connectivity index (χ0v) is 11.7. The fourth-order valence-electron chi connectivity index (χ4n) is 2.00. The van der Waals surface area contributed by atoms with Gasteiger partial charge in [0.2, 0.25) is 11.8 Å². The highest BCUT2D eigenvalue weighted by molar-refractivity contribution is 9.10. The normalized spacial score (nSPS) is 19.4. The number of rotatable bonds is 3. The summed E-state index contributed by atoms with van der Waals surface area (Å²) in [5, 5.41) is 2.72. The average Bonchev–Trinajstić information content (AvgIpc) is 2.75. The van der Waals surface area contributed by atoms with Gasteiger partial charge >= 0.3 is 0 Å². The van der Waals surface area contributed by atoms with Crippen LogP contribution in [0.4, 0.5) is 0 Å². The molecule has 2 rings (SSSR count). The van der Waals surface area contributed by atoms with Gasteiger partial charge in [0.25, 0.3) is 0 Å². The molecule has 1 unspecified atom stereocenters. The van der Waals surface area contributed by atoms with Gasteiger partial charge in [-0.05, 0) is 34.5 Å². The first kappa shape index (κ1) is 13.1. The Balaban J connectivity index is 1.90. The Morgan fingerprint density at radius 3 is 2.94 bits per heavy atom. The van der Waals surface area contributed by atoms with Crippen molar-refractivity contribution in [2.75, 3.05) is 13.6 Å². The Hall–Kier alpha value is -1.30. The van der Waals surface area contributed by atoms with Gasteiger partial charge in [-0.3, -0.25) is 9.59 Å². The second kappa shape index (κ2) is 5.56. The molecule has 1 aromatic heterocycles. The summed E-state index contributed by atoms with van der Waals surface area (Å²) in [6, 6.07) is 3.63. The van der Waals surface area contributed by atoms with Gasteiger partial charge in [-0.1, -0.05) is 0 Å². The molecule has 1 saturated heterocycles. The monoisotopic (exact) mass is 314 g/mol. The van der Waals surface area contributed by atoms with Crippen molar-refractivity contribution in [3.05, 3.63) is 22.6 Å². The van der Waals surface area contributed by atoms with Crippen LogP contribution in [0.5, 0.6) is 0 Å². The number of hydrogen-bond donors (Lipinski definition) is 1. The maximum Gasteiger partial charge on any atom is 0.227 e. The van der Waals surface area contributed by atoms with Crippen molar-refractivity contribution in [3.8, 4) is 0 Å². The van der Waals surface area contributed by atoms with E-state index in [0.717, 1.165) is 5.76 Å². The summed E-state index contributed by atoms with van der Waals surface area (Å²) in [6.45, 7) is 0.874. The SMILES string of the molecule is CN(Cc1ccc(Br)o1)C(=O)C1CCC(=O)NC1. The molecule has 18 heavy (non-hydrogen) atoms. The molecular formula is C12H15BrN2O3. The second-order valence-corrected chi connectivity index (χ2v) is 5.22. The van der Waals surface area contributed by atoms with E-state index >= 15 is 0 Å². The van der Waals surface area contributed by atoms with E-state index in [4.69, 9.17) is 4.42 Å². The summed E-state index contributed by atoms with van der Waals surface area (Å²) in [6.07, 6.45) is 1.05. The Morgan fingerprint density at radius 2 is 2.39 bits per heavy atom. The molecule has 1 atom stereocenters. The molecule has 1 aliphatic heterocycles. The van der Waals surface area contributed by atoms with Crippen molar-refractivity contribution in [1.29, 1.82) is 0 Å². The van der Waals surface area contributed by atoms with Crippen LogP contribution in [0.25, 0.3) is 0 Å². The second-order valence-electron chi connectivity index (χ2n) is 4.44. The maximum absolute atomic E-state index is 12.1. The third-order valence-corrected chi connectivity index (χ3v) is 3.44. The lowest BCUT2D eigenvalue weighted by Crippen LogP contribution is -2.43. The lowest BCUT2D eigenvalue weighted by molar-refractivity contribution is -0.137. The van der Waals surface area contributed by atoms with E-state index in [1.54, 1.807) is 18.0 Å². The molecule has 98 valence electrons. The Bertz CT molecular complexity index is 448. The number of furan rings is 1. The highest BCUT2D eigenvalue weighted by atomic mass is 79.9. The van der Waals surface area contributed by atoms with Crippen LogP contribution in [0.2, 0.25) is 0 Å². The minimum absolute atomic E-state index is 0.0247. The molecule has 0 aliphatic carbocycles. The summed E-state index contributed by atoms with van der Waals surface area (Å²) in [5.74, 6) is 0.683. The standard InChI is InChI=1S/C12H15BrN2O3/c1-15(7-9-3-4-10(13)18-9)12(17)8-2-5-11(16)14-6-8/h3-4,8H,2,5-7H2,1H3,(H,14,16). The molecule has 0 radical (unpaired) electrons. The number of piperidine rings is 1. The summed E-state index contributed by atoms with van der Waals surface area (Å²) < 4.78 is 6.02. The topological polar surface area (TPSA) is 62.6 Å². The first-order valence-electron chi connectivity index (χ1n) is 5.82. The molecule has 1 aromatic rings. The predicted octanol–water partition coefficient (Wildman–Crippen LogP) is 1.53. The van der Waals surface area contributed by atoms with Crippen molar-refractivity contribution in [1.82, 2.24) is 10.2 Å². The van der Waals surface area contributed by atoms with Gasteiger partial charge in [-0.2, -0.15) is 0 Å². The van der Waals surface area contributed by atoms with Gasteiger partial charge in [-0.15, -0.1) is 0 Å². The first-order valence-corrected chi connectivity index (χ1v) is 6.61. The van der Waals surface area contributed by atoms with Gasteiger partial charge in [-0.25, -0.2) is 0 Å². The van der Waals surface area contributed by atoms with Crippen LogP contribution in [-0.4, -0.2) is 30.3 Å². The van der Waals surface area contributed by atoms with Gasteiger partial charge in [0.1, 0.15) is 5.76 Å². The number of carbonyl (C=O) groups is 2. The van der Waals surface area contributed by atoms with Crippen molar-refractivity contribution in [2.24, 2.45) is 5.92 Å². The molecule has 0 bridgehead atoms. The molecule has 1 aliphatic rings. The Labute approximate surface area is 114 Å². The van der Waals surface area contributed by atoms with Crippen molar-refractivity contribution >= 4 is 27.7 Å². The van der Waals surface area contributed by atoms with E-state index in [9.17, 15) is 9.59 Å². The lowest BCUT2D eigenvalue weighted by atomic mass is 9.98. The summed E-state index contributed by atoms with van der Waals surface area (Å²) in [7, 11) is 1.75. The number of amides is 2. The molecule has 0 spiro atoms. The zero-order valence-electron chi connectivity index (χ0n) is 10.1. The minimum atomic E-state index is -0.119. The summed E-state index contributed by atoms with van der Waals surface area (Å²) in [4.78, 5) is 24.8. The number of nitrogens with one attached hydrogen (secondary N) is 1. The van der Waals surface area contributed by atoms with Crippen LogP contribution >= 0.6 is 15.9 Å². The van der Waals surface area contributed by atoms with Crippen LogP contribution < -0.4 is 5.32 Å². The first-order chi connectivity index (χ1) is 8.56. The van der Waals surface area contributed by atoms with Gasteiger partial charge in [0, 0.05) is 20.0 Å². The number of halogens is 1. The molecule has 2 amide bonds. The molecule has 5 nitrogen and oxygen atoms in total. The zero-order chi connectivity index (χ0) is 13.1. The van der Waals surface area contributed by atoms with Gasteiger partial charge < -0.3 is 14.6 Å². The summed E-state index contributed by atoms with van der Waals surface area (Å²) in [5.41, 5.74) is 0. The molecule has 1 N–H and O–H groups in total. The predicted molar refractivity (Wildman–Crippen MR) is 68.6 cm³/mol. The molecular weight excluding hydrogens is 300 g/mol. The largest absolute Gasteiger partial charge is 0.452 e. The molecule has 0 aromatic carbocycles.